The summed E-state index contributed by atoms with van der Waals surface area (Å²) < 4.78 is 27.5. The fraction of sp³-hybridized carbons (Fsp3) is 0.364. The minimum atomic E-state index is -3.81. The molecule has 1 amide bonds. The molecule has 0 aliphatic heterocycles. The lowest BCUT2D eigenvalue weighted by atomic mass is 10.2. The molecule has 0 atom stereocenters. The smallest absolute Gasteiger partial charge is 0.411 e. The van der Waals surface area contributed by atoms with Gasteiger partial charge < -0.3 is 4.74 Å². The van der Waals surface area contributed by atoms with Gasteiger partial charge in [0.2, 0.25) is 10.0 Å². The molecule has 0 unspecified atom stereocenters. The Morgan fingerprint density at radius 1 is 1.39 bits per heavy atom. The summed E-state index contributed by atoms with van der Waals surface area (Å²) in [6.07, 6.45) is -0.897. The lowest BCUT2D eigenvalue weighted by Crippen LogP contribution is -2.20. The molecule has 1 aromatic rings. The molecule has 0 aliphatic carbocycles. The quantitative estimate of drug-likeness (QED) is 0.873. The first-order valence-electron chi connectivity index (χ1n) is 5.32. The maximum absolute atomic E-state index is 11.4. The number of ether oxygens (including phenoxy) is 1. The number of carbonyl (C=O) groups excluding carboxylic acids is 1. The van der Waals surface area contributed by atoms with Crippen LogP contribution in [0.2, 0.25) is 0 Å². The minimum Gasteiger partial charge on any atom is -0.447 e. The van der Waals surface area contributed by atoms with Crippen molar-refractivity contribution >= 4 is 21.8 Å². The molecule has 100 valence electrons. The van der Waals surface area contributed by atoms with Crippen LogP contribution in [-0.4, -0.2) is 20.6 Å². The zero-order valence-electron chi connectivity index (χ0n) is 10.4. The summed E-state index contributed by atoms with van der Waals surface area (Å²) in [6.45, 7) is 4.99. The Bertz CT molecular complexity index is 552. The number of hydrogen-bond acceptors (Lipinski definition) is 4. The summed E-state index contributed by atoms with van der Waals surface area (Å²) in [7, 11) is -3.81. The van der Waals surface area contributed by atoms with E-state index >= 15 is 0 Å². The Balaban J connectivity index is 3.02. The highest BCUT2D eigenvalue weighted by Crippen LogP contribution is 2.22. The lowest BCUT2D eigenvalue weighted by molar-refractivity contribution is 0.130. The molecular formula is C11H16N2O4S. The highest BCUT2D eigenvalue weighted by Gasteiger charge is 2.15. The van der Waals surface area contributed by atoms with E-state index in [2.05, 4.69) is 5.32 Å². The first kappa shape index (κ1) is 14.5. The molecule has 1 rings (SSSR count). The van der Waals surface area contributed by atoms with Crippen molar-refractivity contribution in [2.75, 3.05) is 5.32 Å². The number of carbonyl (C=O) groups is 1. The van der Waals surface area contributed by atoms with Crippen molar-refractivity contribution < 1.29 is 17.9 Å². The van der Waals surface area contributed by atoms with E-state index in [1.807, 2.05) is 0 Å². The SMILES string of the molecule is Cc1c(NC(=O)OC(C)C)cccc1S(N)(=O)=O. The topological polar surface area (TPSA) is 98.5 Å². The Hall–Kier alpha value is -1.60. The molecule has 1 aromatic carbocycles. The van der Waals surface area contributed by atoms with Crippen molar-refractivity contribution in [2.24, 2.45) is 5.14 Å². The first-order valence-corrected chi connectivity index (χ1v) is 6.86. The van der Waals surface area contributed by atoms with Gasteiger partial charge in [0.1, 0.15) is 0 Å². The van der Waals surface area contributed by atoms with Crippen LogP contribution in [0, 0.1) is 6.92 Å². The first-order chi connectivity index (χ1) is 8.21. The van der Waals surface area contributed by atoms with E-state index in [9.17, 15) is 13.2 Å². The number of nitrogens with two attached hydrogens (primary N) is 1. The number of rotatable bonds is 3. The van der Waals surface area contributed by atoms with E-state index in [1.54, 1.807) is 26.8 Å². The van der Waals surface area contributed by atoms with Crippen LogP contribution in [0.4, 0.5) is 10.5 Å². The van der Waals surface area contributed by atoms with Gasteiger partial charge in [-0.2, -0.15) is 0 Å². The fourth-order valence-corrected chi connectivity index (χ4v) is 2.22. The molecule has 0 heterocycles. The van der Waals surface area contributed by atoms with E-state index in [-0.39, 0.29) is 11.0 Å². The van der Waals surface area contributed by atoms with Gasteiger partial charge in [0.15, 0.2) is 0 Å². The fourth-order valence-electron chi connectivity index (χ4n) is 1.41. The van der Waals surface area contributed by atoms with Gasteiger partial charge in [-0.1, -0.05) is 6.07 Å². The van der Waals surface area contributed by atoms with Crippen LogP contribution in [0.3, 0.4) is 0 Å². The van der Waals surface area contributed by atoms with Crippen LogP contribution < -0.4 is 10.5 Å². The molecule has 0 saturated carbocycles. The zero-order valence-corrected chi connectivity index (χ0v) is 11.2. The Labute approximate surface area is 106 Å². The van der Waals surface area contributed by atoms with Crippen LogP contribution >= 0.6 is 0 Å². The van der Waals surface area contributed by atoms with Gasteiger partial charge in [-0.05, 0) is 38.5 Å². The van der Waals surface area contributed by atoms with Gasteiger partial charge in [-0.15, -0.1) is 0 Å². The second-order valence-corrected chi connectivity index (χ2v) is 5.58. The number of anilines is 1. The summed E-state index contributed by atoms with van der Waals surface area (Å²) in [5.41, 5.74) is 0.730. The van der Waals surface area contributed by atoms with Gasteiger partial charge in [0, 0.05) is 5.69 Å². The molecule has 0 bridgehead atoms. The number of benzene rings is 1. The van der Waals surface area contributed by atoms with Gasteiger partial charge >= 0.3 is 6.09 Å². The Kier molecular flexibility index (Phi) is 4.31. The van der Waals surface area contributed by atoms with Gasteiger partial charge in [-0.25, -0.2) is 18.4 Å². The summed E-state index contributed by atoms with van der Waals surface area (Å²) in [6, 6.07) is 4.45. The van der Waals surface area contributed by atoms with Crippen molar-refractivity contribution in [1.82, 2.24) is 0 Å². The molecule has 0 aromatic heterocycles. The maximum Gasteiger partial charge on any atom is 0.411 e. The average molecular weight is 272 g/mol. The summed E-state index contributed by atoms with van der Waals surface area (Å²) in [4.78, 5) is 11.4. The van der Waals surface area contributed by atoms with Gasteiger partial charge in [0.05, 0.1) is 11.0 Å². The average Bonchev–Trinajstić information content (AvgIpc) is 2.18. The zero-order chi connectivity index (χ0) is 13.9. The lowest BCUT2D eigenvalue weighted by Gasteiger charge is -2.13. The van der Waals surface area contributed by atoms with E-state index < -0.39 is 16.1 Å². The number of hydrogen-bond donors (Lipinski definition) is 2. The van der Waals surface area contributed by atoms with Crippen LogP contribution in [-0.2, 0) is 14.8 Å². The predicted molar refractivity (Wildman–Crippen MR) is 67.8 cm³/mol. The number of sulfonamides is 1. The van der Waals surface area contributed by atoms with Crippen LogP contribution in [0.5, 0.6) is 0 Å². The highest BCUT2D eigenvalue weighted by atomic mass is 32.2. The molecule has 6 nitrogen and oxygen atoms in total. The van der Waals surface area contributed by atoms with Crippen molar-refractivity contribution in [2.45, 2.75) is 31.8 Å². The van der Waals surface area contributed by atoms with Crippen LogP contribution in [0.1, 0.15) is 19.4 Å². The van der Waals surface area contributed by atoms with E-state index in [4.69, 9.17) is 9.88 Å². The van der Waals surface area contributed by atoms with Crippen molar-refractivity contribution in [3.63, 3.8) is 0 Å². The van der Waals surface area contributed by atoms with Crippen molar-refractivity contribution in [3.8, 4) is 0 Å². The largest absolute Gasteiger partial charge is 0.447 e. The molecular weight excluding hydrogens is 256 g/mol. The van der Waals surface area contributed by atoms with Gasteiger partial charge in [-0.3, -0.25) is 5.32 Å². The minimum absolute atomic E-state index is 0.0233. The summed E-state index contributed by atoms with van der Waals surface area (Å²) in [5.74, 6) is 0. The van der Waals surface area contributed by atoms with E-state index in [0.717, 1.165) is 0 Å². The van der Waals surface area contributed by atoms with Crippen LogP contribution in [0.25, 0.3) is 0 Å². The molecule has 0 aliphatic rings. The second-order valence-electron chi connectivity index (χ2n) is 4.05. The van der Waals surface area contributed by atoms with Crippen molar-refractivity contribution in [3.05, 3.63) is 23.8 Å². The molecule has 0 saturated heterocycles. The monoisotopic (exact) mass is 272 g/mol. The molecule has 0 radical (unpaired) electrons. The molecule has 7 heteroatoms. The van der Waals surface area contributed by atoms with E-state index in [0.29, 0.717) is 11.3 Å². The van der Waals surface area contributed by atoms with Gasteiger partial charge in [0.25, 0.3) is 0 Å². The van der Waals surface area contributed by atoms with E-state index in [1.165, 1.54) is 12.1 Å². The molecule has 18 heavy (non-hydrogen) atoms. The highest BCUT2D eigenvalue weighted by molar-refractivity contribution is 7.89. The molecule has 0 fully saturated rings. The van der Waals surface area contributed by atoms with Crippen molar-refractivity contribution in [1.29, 1.82) is 0 Å². The summed E-state index contributed by atoms with van der Waals surface area (Å²) in [5, 5.41) is 7.54. The normalized spacial score (nSPS) is 11.4. The Morgan fingerprint density at radius 2 is 2.00 bits per heavy atom. The summed E-state index contributed by atoms with van der Waals surface area (Å²) >= 11 is 0. The molecule has 0 spiro atoms. The number of nitrogens with one attached hydrogen (secondary N) is 1. The molecule has 3 N–H and O–H groups in total. The number of amides is 1. The third kappa shape index (κ3) is 3.71. The Morgan fingerprint density at radius 3 is 2.50 bits per heavy atom. The number of primary sulfonamides is 1. The predicted octanol–water partition coefficient (Wildman–Crippen LogP) is 1.60. The third-order valence-electron chi connectivity index (χ3n) is 2.17. The third-order valence-corrected chi connectivity index (χ3v) is 3.23. The standard InChI is InChI=1S/C11H16N2O4S/c1-7(2)17-11(14)13-9-5-4-6-10(8(9)3)18(12,15)16/h4-7H,1-3H3,(H,13,14)(H2,12,15,16). The van der Waals surface area contributed by atoms with Crippen LogP contribution in [0.15, 0.2) is 23.1 Å². The second kappa shape index (κ2) is 5.36. The maximum atomic E-state index is 11.4.